The fourth-order valence-corrected chi connectivity index (χ4v) is 1.47. The molecule has 0 unspecified atom stereocenters. The Morgan fingerprint density at radius 2 is 2.06 bits per heavy atom. The van der Waals surface area contributed by atoms with Gasteiger partial charge in [0.1, 0.15) is 0 Å². The Morgan fingerprint density at radius 1 is 1.38 bits per heavy atom. The third kappa shape index (κ3) is 1.78. The summed E-state index contributed by atoms with van der Waals surface area (Å²) < 4.78 is 37.1. The predicted molar refractivity (Wildman–Crippen MR) is 48.1 cm³/mol. The van der Waals surface area contributed by atoms with E-state index in [0.717, 1.165) is 12.1 Å². The van der Waals surface area contributed by atoms with Crippen LogP contribution in [0.2, 0.25) is 0 Å². The van der Waals surface area contributed by atoms with Gasteiger partial charge >= 0.3 is 12.1 Å². The highest BCUT2D eigenvalue weighted by molar-refractivity contribution is 5.82. The van der Waals surface area contributed by atoms with Crippen LogP contribution in [0, 0.1) is 0 Å². The molecular formula is C10H6F3NO2. The fraction of sp³-hybridized carbons (Fsp3) is 0.200. The molecule has 1 aromatic carbocycles. The van der Waals surface area contributed by atoms with Gasteiger partial charge in [-0.3, -0.25) is 4.99 Å². The van der Waals surface area contributed by atoms with Gasteiger partial charge < -0.3 is 5.11 Å². The van der Waals surface area contributed by atoms with E-state index in [-0.39, 0.29) is 10.6 Å². The number of halogens is 3. The lowest BCUT2D eigenvalue weighted by atomic mass is 10.1. The molecule has 1 aliphatic rings. The zero-order chi connectivity index (χ0) is 11.9. The average molecular weight is 229 g/mol. The smallest absolute Gasteiger partial charge is 0.416 e. The Hall–Kier alpha value is -1.85. The first-order chi connectivity index (χ1) is 7.38. The minimum absolute atomic E-state index is 0.210. The van der Waals surface area contributed by atoms with Crippen LogP contribution < -0.4 is 10.6 Å². The lowest BCUT2D eigenvalue weighted by Crippen LogP contribution is -2.23. The van der Waals surface area contributed by atoms with Crippen molar-refractivity contribution in [1.82, 2.24) is 0 Å². The molecule has 6 heteroatoms. The summed E-state index contributed by atoms with van der Waals surface area (Å²) in [5, 5.41) is 9.16. The number of alkyl halides is 3. The van der Waals surface area contributed by atoms with E-state index in [1.165, 1.54) is 12.1 Å². The first-order valence-electron chi connectivity index (χ1n) is 4.38. The number of nitrogens with zero attached hydrogens (tertiary/aromatic N) is 1. The second-order valence-electron chi connectivity index (χ2n) is 3.35. The van der Waals surface area contributed by atoms with Crippen molar-refractivity contribution in [3.8, 4) is 0 Å². The van der Waals surface area contributed by atoms with E-state index in [2.05, 4.69) is 4.99 Å². The monoisotopic (exact) mass is 229 g/mol. The van der Waals surface area contributed by atoms with Crippen molar-refractivity contribution in [2.45, 2.75) is 12.2 Å². The molecule has 2 rings (SSSR count). The number of hydrogen-bond acceptors (Lipinski definition) is 2. The van der Waals surface area contributed by atoms with Gasteiger partial charge in [0.2, 0.25) is 0 Å². The highest BCUT2D eigenvalue weighted by atomic mass is 19.4. The van der Waals surface area contributed by atoms with Gasteiger partial charge in [0, 0.05) is 0 Å². The van der Waals surface area contributed by atoms with Crippen molar-refractivity contribution in [3.63, 3.8) is 0 Å². The second kappa shape index (κ2) is 3.33. The summed E-state index contributed by atoms with van der Waals surface area (Å²) in [4.78, 5) is 14.4. The molecule has 1 N–H and O–H groups in total. The van der Waals surface area contributed by atoms with E-state index >= 15 is 0 Å². The quantitative estimate of drug-likeness (QED) is 0.765. The van der Waals surface area contributed by atoms with Crippen LogP contribution in [-0.4, -0.2) is 17.1 Å². The third-order valence-electron chi connectivity index (χ3n) is 2.22. The predicted octanol–water partition coefficient (Wildman–Crippen LogP) is 0.572. The number of rotatable bonds is 1. The van der Waals surface area contributed by atoms with Gasteiger partial charge in [0.15, 0.2) is 6.04 Å². The van der Waals surface area contributed by atoms with Crippen LogP contribution in [0.5, 0.6) is 0 Å². The molecule has 0 spiro atoms. The fourth-order valence-electron chi connectivity index (χ4n) is 1.47. The molecule has 1 heterocycles. The minimum Gasteiger partial charge on any atom is -0.479 e. The molecule has 0 fully saturated rings. The van der Waals surface area contributed by atoms with Crippen molar-refractivity contribution in [2.75, 3.05) is 0 Å². The van der Waals surface area contributed by atoms with Crippen LogP contribution in [0.4, 0.5) is 13.2 Å². The molecule has 1 aromatic rings. The molecule has 0 bridgehead atoms. The van der Waals surface area contributed by atoms with Crippen LogP contribution in [0.15, 0.2) is 23.2 Å². The first-order valence-corrected chi connectivity index (χ1v) is 4.38. The van der Waals surface area contributed by atoms with Crippen molar-refractivity contribution in [2.24, 2.45) is 4.99 Å². The molecule has 0 aromatic heterocycles. The Kier molecular flexibility index (Phi) is 2.22. The summed E-state index contributed by atoms with van der Waals surface area (Å²) in [6.45, 7) is 0. The topological polar surface area (TPSA) is 49.7 Å². The average Bonchev–Trinajstić information content (AvgIpc) is 2.58. The van der Waals surface area contributed by atoms with Crippen molar-refractivity contribution in [3.05, 3.63) is 34.3 Å². The summed E-state index contributed by atoms with van der Waals surface area (Å²) in [6.07, 6.45) is -3.23. The molecule has 84 valence electrons. The Labute approximate surface area is 87.5 Å². The van der Waals surface area contributed by atoms with Gasteiger partial charge in [0.05, 0.1) is 10.9 Å². The van der Waals surface area contributed by atoms with Crippen molar-refractivity contribution in [1.29, 1.82) is 0 Å². The van der Waals surface area contributed by atoms with Crippen LogP contribution in [0.1, 0.15) is 5.56 Å². The summed E-state index contributed by atoms with van der Waals surface area (Å²) in [5.41, 5.74) is -0.802. The maximum atomic E-state index is 12.4. The molecule has 0 aliphatic carbocycles. The standard InChI is InChI=1S/C10H6F3NO2/c11-10(12,13)6-1-2-7-5(3-6)4-8(14-7)9(15)16/h1-4,8H,(H,15,16)/t8-/m0/s1. The van der Waals surface area contributed by atoms with Crippen LogP contribution in [0.25, 0.3) is 6.08 Å². The lowest BCUT2D eigenvalue weighted by Gasteiger charge is -2.04. The number of carboxylic acids is 1. The first kappa shape index (κ1) is 10.7. The van der Waals surface area contributed by atoms with E-state index in [9.17, 15) is 18.0 Å². The molecule has 1 atom stereocenters. The number of hydrogen-bond donors (Lipinski definition) is 1. The van der Waals surface area contributed by atoms with Gasteiger partial charge in [-0.1, -0.05) is 0 Å². The minimum atomic E-state index is -4.43. The van der Waals surface area contributed by atoms with Gasteiger partial charge in [-0.05, 0) is 29.5 Å². The zero-order valence-corrected chi connectivity index (χ0v) is 7.82. The molecule has 0 saturated carbocycles. The van der Waals surface area contributed by atoms with E-state index in [4.69, 9.17) is 5.11 Å². The maximum Gasteiger partial charge on any atom is 0.416 e. The molecule has 1 aliphatic heterocycles. The van der Waals surface area contributed by atoms with Crippen molar-refractivity contribution >= 4 is 12.0 Å². The SMILES string of the molecule is O=C(O)[C@@H]1C=c2cc(C(F)(F)F)ccc2=N1. The van der Waals surface area contributed by atoms with Gasteiger partial charge in [-0.2, -0.15) is 13.2 Å². The van der Waals surface area contributed by atoms with E-state index in [1.807, 2.05) is 0 Å². The number of carboxylic acid groups (broad SMARTS) is 1. The van der Waals surface area contributed by atoms with E-state index in [1.54, 1.807) is 0 Å². The van der Waals surface area contributed by atoms with Gasteiger partial charge in [-0.25, -0.2) is 4.79 Å². The van der Waals surface area contributed by atoms with Crippen LogP contribution in [-0.2, 0) is 11.0 Å². The highest BCUT2D eigenvalue weighted by Gasteiger charge is 2.30. The van der Waals surface area contributed by atoms with Crippen LogP contribution >= 0.6 is 0 Å². The zero-order valence-electron chi connectivity index (χ0n) is 7.82. The number of carbonyl (C=O) groups is 1. The van der Waals surface area contributed by atoms with E-state index < -0.39 is 23.8 Å². The van der Waals surface area contributed by atoms with Crippen molar-refractivity contribution < 1.29 is 23.1 Å². The van der Waals surface area contributed by atoms with Gasteiger partial charge in [-0.15, -0.1) is 0 Å². The molecule has 16 heavy (non-hydrogen) atoms. The highest BCUT2D eigenvalue weighted by Crippen LogP contribution is 2.27. The maximum absolute atomic E-state index is 12.4. The summed E-state index contributed by atoms with van der Waals surface area (Å²) in [6, 6.07) is 1.89. The summed E-state index contributed by atoms with van der Waals surface area (Å²) in [7, 11) is 0. The van der Waals surface area contributed by atoms with Crippen LogP contribution in [0.3, 0.4) is 0 Å². The molecule has 0 radical (unpaired) electrons. The number of benzene rings is 1. The summed E-state index contributed by atoms with van der Waals surface area (Å²) >= 11 is 0. The number of aliphatic carboxylic acids is 1. The molecule has 3 nitrogen and oxygen atoms in total. The molecule has 0 amide bonds. The largest absolute Gasteiger partial charge is 0.479 e. The third-order valence-corrected chi connectivity index (χ3v) is 2.22. The lowest BCUT2D eigenvalue weighted by molar-refractivity contribution is -0.138. The Balaban J connectivity index is 2.54. The normalized spacial score (nSPS) is 18.6. The second-order valence-corrected chi connectivity index (χ2v) is 3.35. The Morgan fingerprint density at radius 3 is 2.62 bits per heavy atom. The summed E-state index contributed by atoms with van der Waals surface area (Å²) in [5.74, 6) is -1.18. The number of fused-ring (bicyclic) bond motifs is 1. The Bertz CT molecular complexity index is 562. The molecular weight excluding hydrogens is 223 g/mol. The molecule has 0 saturated heterocycles. The van der Waals surface area contributed by atoms with E-state index in [0.29, 0.717) is 0 Å². The van der Waals surface area contributed by atoms with Gasteiger partial charge in [0.25, 0.3) is 0 Å².